The molecule has 1 aromatic carbocycles. The molecule has 0 aliphatic carbocycles. The summed E-state index contributed by atoms with van der Waals surface area (Å²) in [4.78, 5) is 33.8. The lowest BCUT2D eigenvalue weighted by Gasteiger charge is -2.22. The number of aromatic amines is 1. The lowest BCUT2D eigenvalue weighted by Crippen LogP contribution is -2.32. The summed E-state index contributed by atoms with van der Waals surface area (Å²) < 4.78 is 4.80. The largest absolute Gasteiger partial charge is 0.465 e. The summed E-state index contributed by atoms with van der Waals surface area (Å²) in [6.07, 6.45) is 5.09. The molecule has 128 valence electrons. The first-order valence-corrected chi connectivity index (χ1v) is 8.13. The van der Waals surface area contributed by atoms with E-state index in [9.17, 15) is 9.59 Å². The zero-order valence-corrected chi connectivity index (χ0v) is 14.3. The van der Waals surface area contributed by atoms with Crippen molar-refractivity contribution in [1.29, 1.82) is 0 Å². The van der Waals surface area contributed by atoms with Crippen molar-refractivity contribution in [2.75, 3.05) is 20.2 Å². The summed E-state index contributed by atoms with van der Waals surface area (Å²) in [5.41, 5.74) is 1.48. The van der Waals surface area contributed by atoms with Crippen LogP contribution < -0.4 is 0 Å². The van der Waals surface area contributed by atoms with Crippen LogP contribution in [-0.4, -0.2) is 46.9 Å². The van der Waals surface area contributed by atoms with E-state index in [0.717, 1.165) is 12.8 Å². The number of aromatic nitrogens is 2. The maximum absolute atomic E-state index is 12.9. The van der Waals surface area contributed by atoms with Crippen molar-refractivity contribution in [3.63, 3.8) is 0 Å². The molecule has 0 unspecified atom stereocenters. The normalized spacial score (nSPS) is 10.5. The molecule has 6 nitrogen and oxygen atoms in total. The smallest absolute Gasteiger partial charge is 0.337 e. The number of hydrogen-bond acceptors (Lipinski definition) is 4. The summed E-state index contributed by atoms with van der Waals surface area (Å²) in [6, 6.07) is 5.01. The van der Waals surface area contributed by atoms with Gasteiger partial charge < -0.3 is 14.6 Å². The second kappa shape index (κ2) is 8.29. The quantitative estimate of drug-likeness (QED) is 0.792. The average molecular weight is 329 g/mol. The number of ether oxygens (including phenoxy) is 1. The van der Waals surface area contributed by atoms with E-state index in [-0.39, 0.29) is 5.91 Å². The number of rotatable bonds is 7. The molecule has 1 heterocycles. The number of methoxy groups -OCH3 is 1. The Balaban J connectivity index is 2.46. The van der Waals surface area contributed by atoms with Gasteiger partial charge in [-0.1, -0.05) is 13.8 Å². The number of imidazole rings is 1. The molecule has 24 heavy (non-hydrogen) atoms. The summed E-state index contributed by atoms with van der Waals surface area (Å²) in [6.45, 7) is 5.45. The molecule has 0 bridgehead atoms. The molecule has 6 heteroatoms. The SMILES string of the molecule is CCCN(CCC)C(=O)c1cc(C(=O)OC)cc(-c2ncc[nH]2)c1. The van der Waals surface area contributed by atoms with Gasteiger partial charge in [-0.3, -0.25) is 4.79 Å². The molecule has 1 amide bonds. The third-order valence-corrected chi connectivity index (χ3v) is 3.65. The predicted octanol–water partition coefficient (Wildman–Crippen LogP) is 3.13. The topological polar surface area (TPSA) is 75.3 Å². The minimum atomic E-state index is -0.477. The number of nitrogens with one attached hydrogen (secondary N) is 1. The standard InChI is InChI=1S/C18H23N3O3/c1-4-8-21(9-5-2)17(22)14-10-13(16-19-6-7-20-16)11-15(12-14)18(23)24-3/h6-7,10-12H,4-5,8-9H2,1-3H3,(H,19,20). The van der Waals surface area contributed by atoms with Crippen LogP contribution in [0, 0.1) is 0 Å². The zero-order chi connectivity index (χ0) is 17.5. The lowest BCUT2D eigenvalue weighted by atomic mass is 10.0. The Hall–Kier alpha value is -2.63. The van der Waals surface area contributed by atoms with Gasteiger partial charge in [-0.15, -0.1) is 0 Å². The Bertz CT molecular complexity index is 690. The molecule has 2 rings (SSSR count). The van der Waals surface area contributed by atoms with Crippen LogP contribution in [0.25, 0.3) is 11.4 Å². The highest BCUT2D eigenvalue weighted by Crippen LogP contribution is 2.21. The Morgan fingerprint density at radius 3 is 2.33 bits per heavy atom. The fraction of sp³-hybridized carbons (Fsp3) is 0.389. The van der Waals surface area contributed by atoms with E-state index in [2.05, 4.69) is 9.97 Å². The average Bonchev–Trinajstić information content (AvgIpc) is 3.14. The van der Waals surface area contributed by atoms with Gasteiger partial charge in [0.15, 0.2) is 0 Å². The Labute approximate surface area is 141 Å². The number of carbonyl (C=O) groups excluding carboxylic acids is 2. The highest BCUT2D eigenvalue weighted by Gasteiger charge is 2.19. The van der Waals surface area contributed by atoms with Crippen molar-refractivity contribution < 1.29 is 14.3 Å². The van der Waals surface area contributed by atoms with E-state index in [1.807, 2.05) is 18.7 Å². The molecule has 0 saturated carbocycles. The van der Waals surface area contributed by atoms with E-state index < -0.39 is 5.97 Å². The molecule has 1 aromatic heterocycles. The van der Waals surface area contributed by atoms with Crippen molar-refractivity contribution in [1.82, 2.24) is 14.9 Å². The van der Waals surface area contributed by atoms with Crippen LogP contribution in [0.2, 0.25) is 0 Å². The Morgan fingerprint density at radius 2 is 1.79 bits per heavy atom. The van der Waals surface area contributed by atoms with Crippen LogP contribution in [0.5, 0.6) is 0 Å². The Morgan fingerprint density at radius 1 is 1.12 bits per heavy atom. The van der Waals surface area contributed by atoms with Crippen LogP contribution in [0.4, 0.5) is 0 Å². The minimum Gasteiger partial charge on any atom is -0.465 e. The maximum atomic E-state index is 12.9. The number of esters is 1. The number of benzene rings is 1. The van der Waals surface area contributed by atoms with Crippen LogP contribution in [0.3, 0.4) is 0 Å². The molecule has 0 aliphatic heterocycles. The van der Waals surface area contributed by atoms with E-state index in [1.165, 1.54) is 7.11 Å². The monoisotopic (exact) mass is 329 g/mol. The van der Waals surface area contributed by atoms with E-state index in [1.54, 1.807) is 30.6 Å². The molecule has 1 N–H and O–H groups in total. The number of amides is 1. The summed E-state index contributed by atoms with van der Waals surface area (Å²) in [7, 11) is 1.32. The van der Waals surface area contributed by atoms with Crippen molar-refractivity contribution in [3.05, 3.63) is 41.7 Å². The predicted molar refractivity (Wildman–Crippen MR) is 91.8 cm³/mol. The molecular formula is C18H23N3O3. The van der Waals surface area contributed by atoms with Gasteiger partial charge in [0.2, 0.25) is 0 Å². The molecule has 0 fully saturated rings. The first kappa shape index (κ1) is 17.7. The number of nitrogens with zero attached hydrogens (tertiary/aromatic N) is 2. The van der Waals surface area contributed by atoms with Crippen LogP contribution in [-0.2, 0) is 4.74 Å². The first-order chi connectivity index (χ1) is 11.6. The van der Waals surface area contributed by atoms with Crippen molar-refractivity contribution in [2.24, 2.45) is 0 Å². The molecule has 0 saturated heterocycles. The van der Waals surface area contributed by atoms with Crippen molar-refractivity contribution in [2.45, 2.75) is 26.7 Å². The fourth-order valence-electron chi connectivity index (χ4n) is 2.58. The molecule has 2 aromatic rings. The fourth-order valence-corrected chi connectivity index (χ4v) is 2.58. The van der Waals surface area contributed by atoms with Crippen LogP contribution in [0.15, 0.2) is 30.6 Å². The molecule has 0 aliphatic rings. The summed E-state index contributed by atoms with van der Waals surface area (Å²) >= 11 is 0. The molecule has 0 spiro atoms. The summed E-state index contributed by atoms with van der Waals surface area (Å²) in [5.74, 6) is 0.0413. The second-order valence-electron chi connectivity index (χ2n) is 5.52. The van der Waals surface area contributed by atoms with Gasteiger partial charge in [-0.05, 0) is 31.0 Å². The first-order valence-electron chi connectivity index (χ1n) is 8.13. The maximum Gasteiger partial charge on any atom is 0.337 e. The van der Waals surface area contributed by atoms with Gasteiger partial charge in [-0.2, -0.15) is 0 Å². The number of carbonyl (C=O) groups is 2. The third kappa shape index (κ3) is 4.01. The van der Waals surface area contributed by atoms with Gasteiger partial charge in [0.1, 0.15) is 5.82 Å². The van der Waals surface area contributed by atoms with Crippen LogP contribution >= 0.6 is 0 Å². The second-order valence-corrected chi connectivity index (χ2v) is 5.52. The Kier molecular flexibility index (Phi) is 6.12. The van der Waals surface area contributed by atoms with Gasteiger partial charge in [0, 0.05) is 36.6 Å². The molecule has 0 radical (unpaired) electrons. The lowest BCUT2D eigenvalue weighted by molar-refractivity contribution is 0.0600. The van der Waals surface area contributed by atoms with Crippen molar-refractivity contribution in [3.8, 4) is 11.4 Å². The van der Waals surface area contributed by atoms with Crippen molar-refractivity contribution >= 4 is 11.9 Å². The van der Waals surface area contributed by atoms with Gasteiger partial charge in [0.25, 0.3) is 5.91 Å². The van der Waals surface area contributed by atoms with Gasteiger partial charge >= 0.3 is 5.97 Å². The van der Waals surface area contributed by atoms with Gasteiger partial charge in [-0.25, -0.2) is 9.78 Å². The van der Waals surface area contributed by atoms with Gasteiger partial charge in [0.05, 0.1) is 12.7 Å². The van der Waals surface area contributed by atoms with E-state index in [0.29, 0.717) is 35.6 Å². The third-order valence-electron chi connectivity index (χ3n) is 3.65. The minimum absolute atomic E-state index is 0.0859. The van der Waals surface area contributed by atoms with Crippen LogP contribution in [0.1, 0.15) is 47.4 Å². The molecule has 0 atom stereocenters. The van der Waals surface area contributed by atoms with E-state index in [4.69, 9.17) is 4.74 Å². The summed E-state index contributed by atoms with van der Waals surface area (Å²) in [5, 5.41) is 0. The molecular weight excluding hydrogens is 306 g/mol. The highest BCUT2D eigenvalue weighted by molar-refractivity contribution is 5.99. The number of hydrogen-bond donors (Lipinski definition) is 1. The van der Waals surface area contributed by atoms with E-state index >= 15 is 0 Å². The highest BCUT2D eigenvalue weighted by atomic mass is 16.5. The number of H-pyrrole nitrogens is 1. The zero-order valence-electron chi connectivity index (χ0n) is 14.3.